The van der Waals surface area contributed by atoms with Crippen LogP contribution in [0, 0.1) is 0 Å². The molecular weight excluding hydrogens is 453 g/mol. The zero-order chi connectivity index (χ0) is 24.0. The summed E-state index contributed by atoms with van der Waals surface area (Å²) in [4.78, 5) is 21.4. The van der Waals surface area contributed by atoms with Crippen molar-refractivity contribution < 1.29 is 37.8 Å². The molecule has 0 fully saturated rings. The summed E-state index contributed by atoms with van der Waals surface area (Å²) in [5, 5.41) is 9.07. The lowest BCUT2D eigenvalue weighted by Crippen LogP contribution is -2.42. The first kappa shape index (κ1) is 28.8. The average Bonchev–Trinajstić information content (AvgIpc) is 2.66. The summed E-state index contributed by atoms with van der Waals surface area (Å²) in [6.45, 7) is 0.432. The summed E-state index contributed by atoms with van der Waals surface area (Å²) in [7, 11) is 5.73. The Morgan fingerprint density at radius 1 is 1.06 bits per heavy atom. The fourth-order valence-electron chi connectivity index (χ4n) is 2.93. The first-order chi connectivity index (χ1) is 15.0. The van der Waals surface area contributed by atoms with E-state index in [1.165, 1.54) is 0 Å². The van der Waals surface area contributed by atoms with E-state index < -0.39 is 18.8 Å². The SMILES string of the molecule is CCCCCOc1cccc(OCCCCOP(O)(=S)O[C@H](CC(=O)O)C[N+](C)(C)C)c1. The van der Waals surface area contributed by atoms with Gasteiger partial charge >= 0.3 is 12.7 Å². The third-order valence-corrected chi connectivity index (χ3v) is 5.97. The highest BCUT2D eigenvalue weighted by molar-refractivity contribution is 8.07. The second-order valence-electron chi connectivity index (χ2n) is 8.69. The second-order valence-corrected chi connectivity index (χ2v) is 11.5. The van der Waals surface area contributed by atoms with E-state index in [9.17, 15) is 9.69 Å². The van der Waals surface area contributed by atoms with Crippen molar-refractivity contribution >= 4 is 24.5 Å². The lowest BCUT2D eigenvalue weighted by molar-refractivity contribution is -0.873. The normalized spacial score (nSPS) is 14.5. The van der Waals surface area contributed by atoms with Gasteiger partial charge in [-0.2, -0.15) is 0 Å². The summed E-state index contributed by atoms with van der Waals surface area (Å²) in [6, 6.07) is 7.57. The number of carboxylic acids is 1. The van der Waals surface area contributed by atoms with Crippen LogP contribution in [0.1, 0.15) is 45.4 Å². The highest BCUT2D eigenvalue weighted by atomic mass is 32.5. The van der Waals surface area contributed by atoms with Gasteiger partial charge in [0.1, 0.15) is 24.1 Å². The van der Waals surface area contributed by atoms with E-state index in [1.807, 2.05) is 45.4 Å². The van der Waals surface area contributed by atoms with E-state index in [2.05, 4.69) is 6.92 Å². The molecule has 0 spiro atoms. The van der Waals surface area contributed by atoms with Crippen LogP contribution in [0.5, 0.6) is 11.5 Å². The number of ether oxygens (including phenoxy) is 2. The van der Waals surface area contributed by atoms with Crippen molar-refractivity contribution in [3.63, 3.8) is 0 Å². The molecule has 1 aromatic carbocycles. The molecule has 184 valence electrons. The number of rotatable bonds is 18. The van der Waals surface area contributed by atoms with Gasteiger partial charge in [0, 0.05) is 6.07 Å². The van der Waals surface area contributed by atoms with Crippen molar-refractivity contribution in [2.24, 2.45) is 0 Å². The van der Waals surface area contributed by atoms with Crippen LogP contribution in [0.25, 0.3) is 0 Å². The van der Waals surface area contributed by atoms with Gasteiger partial charge < -0.3 is 28.5 Å². The molecule has 0 aliphatic carbocycles. The standard InChI is InChI=1S/C22H38NO7PS/c1-5-6-7-13-27-19-11-10-12-20(16-19)28-14-8-9-15-29-31(26,32)30-21(17-22(24)25)18-23(2,3)4/h10-12,16,21H,5-9,13-15,17-18H2,1-4H3,(H-,24,25,26,32)/p+1/t21-,31?/m1/s1. The van der Waals surface area contributed by atoms with Crippen molar-refractivity contribution in [2.45, 2.75) is 51.6 Å². The zero-order valence-electron chi connectivity index (χ0n) is 19.7. The van der Waals surface area contributed by atoms with Gasteiger partial charge in [-0.1, -0.05) is 25.8 Å². The molecule has 0 aliphatic heterocycles. The van der Waals surface area contributed by atoms with Crippen LogP contribution in [-0.4, -0.2) is 74.1 Å². The second kappa shape index (κ2) is 14.8. The summed E-state index contributed by atoms with van der Waals surface area (Å²) < 4.78 is 22.8. The predicted molar refractivity (Wildman–Crippen MR) is 129 cm³/mol. The van der Waals surface area contributed by atoms with Gasteiger partial charge in [0.05, 0.1) is 47.4 Å². The summed E-state index contributed by atoms with van der Waals surface area (Å²) in [5.41, 5.74) is 0. The first-order valence-electron chi connectivity index (χ1n) is 11.0. The highest BCUT2D eigenvalue weighted by Crippen LogP contribution is 2.45. The number of hydrogen-bond donors (Lipinski definition) is 2. The van der Waals surface area contributed by atoms with Gasteiger partial charge in [-0.3, -0.25) is 9.32 Å². The quantitative estimate of drug-likeness (QED) is 0.179. The molecule has 0 aromatic heterocycles. The molecule has 0 saturated heterocycles. The number of likely N-dealkylation sites (N-methyl/N-ethyl adjacent to an activating group) is 1. The van der Waals surface area contributed by atoms with E-state index in [-0.39, 0.29) is 13.0 Å². The maximum absolute atomic E-state index is 11.1. The van der Waals surface area contributed by atoms with Crippen molar-refractivity contribution in [1.29, 1.82) is 0 Å². The molecule has 0 amide bonds. The van der Waals surface area contributed by atoms with Crippen molar-refractivity contribution in [1.82, 2.24) is 0 Å². The Morgan fingerprint density at radius 2 is 1.62 bits per heavy atom. The number of unbranched alkanes of at least 4 members (excludes halogenated alkanes) is 3. The summed E-state index contributed by atoms with van der Waals surface area (Å²) in [6.07, 6.45) is 3.71. The maximum atomic E-state index is 11.1. The molecule has 1 unspecified atom stereocenters. The Balaban J connectivity index is 2.32. The molecule has 2 atom stereocenters. The Labute approximate surface area is 197 Å². The topological polar surface area (TPSA) is 94.5 Å². The highest BCUT2D eigenvalue weighted by Gasteiger charge is 2.28. The maximum Gasteiger partial charge on any atom is 0.325 e. The third kappa shape index (κ3) is 14.8. The van der Waals surface area contributed by atoms with Crippen LogP contribution in [0.3, 0.4) is 0 Å². The number of hydrogen-bond acceptors (Lipinski definition) is 6. The van der Waals surface area contributed by atoms with Gasteiger partial charge in [-0.05, 0) is 43.2 Å². The van der Waals surface area contributed by atoms with E-state index in [0.29, 0.717) is 37.1 Å². The van der Waals surface area contributed by atoms with Crippen molar-refractivity contribution in [3.05, 3.63) is 24.3 Å². The molecule has 8 nitrogen and oxygen atoms in total. The van der Waals surface area contributed by atoms with Crippen LogP contribution in [0.15, 0.2) is 24.3 Å². The fraction of sp³-hybridized carbons (Fsp3) is 0.682. The predicted octanol–water partition coefficient (Wildman–Crippen LogP) is 4.21. The number of carboxylic acid groups (broad SMARTS) is 1. The monoisotopic (exact) mass is 492 g/mol. The number of carbonyl (C=O) groups is 1. The van der Waals surface area contributed by atoms with Crippen LogP contribution in [0.4, 0.5) is 0 Å². The van der Waals surface area contributed by atoms with Gasteiger partial charge in [-0.15, -0.1) is 0 Å². The van der Waals surface area contributed by atoms with Gasteiger partial charge in [0.25, 0.3) is 0 Å². The van der Waals surface area contributed by atoms with Crippen LogP contribution in [0.2, 0.25) is 0 Å². The van der Waals surface area contributed by atoms with E-state index >= 15 is 0 Å². The Bertz CT molecular complexity index is 726. The minimum absolute atomic E-state index is 0.210. The van der Waals surface area contributed by atoms with Gasteiger partial charge in [0.2, 0.25) is 0 Å². The minimum atomic E-state index is -3.52. The molecule has 0 bridgehead atoms. The summed E-state index contributed by atoms with van der Waals surface area (Å²) >= 11 is 5.06. The van der Waals surface area contributed by atoms with Gasteiger partial charge in [0.15, 0.2) is 0 Å². The third-order valence-electron chi connectivity index (χ3n) is 4.32. The van der Waals surface area contributed by atoms with E-state index in [4.69, 9.17) is 35.4 Å². The molecule has 32 heavy (non-hydrogen) atoms. The molecule has 0 heterocycles. The zero-order valence-corrected chi connectivity index (χ0v) is 21.4. The smallest absolute Gasteiger partial charge is 0.325 e. The molecule has 1 rings (SSSR count). The van der Waals surface area contributed by atoms with Crippen molar-refractivity contribution in [3.8, 4) is 11.5 Å². The molecule has 0 saturated carbocycles. The number of benzene rings is 1. The molecule has 1 aromatic rings. The van der Waals surface area contributed by atoms with Crippen molar-refractivity contribution in [2.75, 3.05) is 47.5 Å². The Kier molecular flexibility index (Phi) is 13.4. The van der Waals surface area contributed by atoms with Crippen LogP contribution < -0.4 is 9.47 Å². The minimum Gasteiger partial charge on any atom is -0.493 e. The first-order valence-corrected chi connectivity index (χ1v) is 13.6. The van der Waals surface area contributed by atoms with E-state index in [1.54, 1.807) is 0 Å². The fourth-order valence-corrected chi connectivity index (χ4v) is 4.46. The molecule has 2 N–H and O–H groups in total. The van der Waals surface area contributed by atoms with Gasteiger partial charge in [-0.25, -0.2) is 0 Å². The Hall–Kier alpha value is -1.22. The molecule has 10 heteroatoms. The number of quaternary nitrogens is 1. The largest absolute Gasteiger partial charge is 0.493 e. The van der Waals surface area contributed by atoms with Crippen LogP contribution in [-0.2, 0) is 25.6 Å². The lowest BCUT2D eigenvalue weighted by atomic mass is 10.2. The molecule has 0 radical (unpaired) electrons. The number of nitrogens with zero attached hydrogens (tertiary/aromatic N) is 1. The summed E-state index contributed by atoms with van der Waals surface area (Å²) in [5.74, 6) is 0.530. The Morgan fingerprint density at radius 3 is 2.16 bits per heavy atom. The molecular formula is C22H39NO7PS+. The van der Waals surface area contributed by atoms with E-state index in [0.717, 1.165) is 30.8 Å². The average molecular weight is 493 g/mol. The van der Waals surface area contributed by atoms with Crippen LogP contribution >= 0.6 is 6.72 Å². The molecule has 0 aliphatic rings. The number of aliphatic carboxylic acids is 1. The lowest BCUT2D eigenvalue weighted by Gasteiger charge is -2.30.